The van der Waals surface area contributed by atoms with Crippen molar-refractivity contribution < 1.29 is 53.3 Å². The van der Waals surface area contributed by atoms with Crippen LogP contribution in [0.5, 0.6) is 46.5 Å². The SMILES string of the molecule is Brc1ccc2oc3ccc(Br)cc3c2c1.CC(C)(C)c1cc[nH]c(=O)c1.CC(C)(C)c1ccnc(Oc2[c-]c3c(cc2)oc2ccc(Oc4cc(C(C)(C)C)ccn4)[c-]c23)c1.CC(C)(C)c1ccnc(Oc2ccc3oc4ccc(Oc5cc(C(C)(C)C)ccn5)cc4c3c2)c1.[Pt+2]. The van der Waals surface area contributed by atoms with Crippen LogP contribution in [0.15, 0.2) is 216 Å². The molecule has 0 bridgehead atoms. The van der Waals surface area contributed by atoms with E-state index < -0.39 is 0 Å². The summed E-state index contributed by atoms with van der Waals surface area (Å²) in [6, 6.07) is 57.3. The first kappa shape index (κ1) is 70.9. The van der Waals surface area contributed by atoms with Gasteiger partial charge in [0.15, 0.2) is 0 Å². The Labute approximate surface area is 596 Å². The van der Waals surface area contributed by atoms with Crippen LogP contribution in [0.1, 0.15) is 132 Å². The zero-order valence-corrected chi connectivity index (χ0v) is 62.5. The van der Waals surface area contributed by atoms with Crippen molar-refractivity contribution in [3.63, 3.8) is 0 Å². The van der Waals surface area contributed by atoms with Crippen LogP contribution in [0, 0.1) is 12.1 Å². The zero-order valence-electron chi connectivity index (χ0n) is 57.0. The molecule has 0 spiro atoms. The van der Waals surface area contributed by atoms with Gasteiger partial charge in [0.2, 0.25) is 29.1 Å². The summed E-state index contributed by atoms with van der Waals surface area (Å²) in [5.74, 6) is 4.69. The minimum Gasteiger partial charge on any atom is -0.564 e. The molecule has 0 aliphatic rings. The summed E-state index contributed by atoms with van der Waals surface area (Å²) >= 11 is 6.94. The van der Waals surface area contributed by atoms with Crippen molar-refractivity contribution in [3.05, 3.63) is 248 Å². The van der Waals surface area contributed by atoms with Crippen molar-refractivity contribution in [2.75, 3.05) is 0 Å². The average molecular weight is 1600 g/mol. The van der Waals surface area contributed by atoms with Gasteiger partial charge in [-0.2, -0.15) is 10.8 Å². The Balaban J connectivity index is 0.000000154. The average Bonchev–Trinajstić information content (AvgIpc) is 1.65. The van der Waals surface area contributed by atoms with Gasteiger partial charge in [-0.05, 0) is 169 Å². The molecular formula is C81H77Br2N5O8Pt. The number of nitrogens with zero attached hydrogens (tertiary/aromatic N) is 4. The first-order valence-electron chi connectivity index (χ1n) is 31.7. The number of pyridine rings is 5. The number of aromatic nitrogens is 5. The molecule has 14 rings (SSSR count). The number of halogens is 2. The predicted molar refractivity (Wildman–Crippen MR) is 392 cm³/mol. The second-order valence-corrected chi connectivity index (χ2v) is 30.5. The van der Waals surface area contributed by atoms with Gasteiger partial charge >= 0.3 is 21.1 Å². The topological polar surface area (TPSA) is 161 Å². The van der Waals surface area contributed by atoms with Crippen molar-refractivity contribution in [2.24, 2.45) is 0 Å². The molecule has 0 atom stereocenters. The molecule has 13 nitrogen and oxygen atoms in total. The summed E-state index contributed by atoms with van der Waals surface area (Å²) in [7, 11) is 0. The molecule has 6 aromatic carbocycles. The second kappa shape index (κ2) is 28.7. The summed E-state index contributed by atoms with van der Waals surface area (Å²) in [5.41, 5.74) is 10.6. The van der Waals surface area contributed by atoms with Crippen LogP contribution >= 0.6 is 31.9 Å². The predicted octanol–water partition coefficient (Wildman–Crippen LogP) is 23.5. The van der Waals surface area contributed by atoms with Gasteiger partial charge in [-0.1, -0.05) is 148 Å². The van der Waals surface area contributed by atoms with E-state index in [4.69, 9.17) is 32.2 Å². The van der Waals surface area contributed by atoms with Crippen LogP contribution in [-0.2, 0) is 48.1 Å². The summed E-state index contributed by atoms with van der Waals surface area (Å²) in [5, 5.41) is 5.72. The summed E-state index contributed by atoms with van der Waals surface area (Å²) in [6.07, 6.45) is 8.79. The van der Waals surface area contributed by atoms with Crippen molar-refractivity contribution in [2.45, 2.75) is 131 Å². The van der Waals surface area contributed by atoms with Gasteiger partial charge in [0.1, 0.15) is 33.8 Å². The van der Waals surface area contributed by atoms with Crippen LogP contribution in [0.3, 0.4) is 0 Å². The molecule has 498 valence electrons. The number of H-pyrrole nitrogens is 1. The van der Waals surface area contributed by atoms with E-state index in [9.17, 15) is 4.79 Å². The number of nitrogens with one attached hydrogen (secondary N) is 1. The molecule has 0 aliphatic carbocycles. The Morgan fingerprint density at radius 2 is 0.649 bits per heavy atom. The first-order valence-corrected chi connectivity index (χ1v) is 33.3. The Morgan fingerprint density at radius 1 is 0.351 bits per heavy atom. The monoisotopic (exact) mass is 1600 g/mol. The molecule has 8 heterocycles. The molecular weight excluding hydrogens is 1530 g/mol. The van der Waals surface area contributed by atoms with Gasteiger partial charge in [-0.3, -0.25) is 4.79 Å². The van der Waals surface area contributed by atoms with E-state index >= 15 is 0 Å². The molecule has 0 amide bonds. The van der Waals surface area contributed by atoms with Gasteiger partial charge in [0.25, 0.3) is 0 Å². The largest absolute Gasteiger partial charge is 2.00 e. The number of hydrogen-bond acceptors (Lipinski definition) is 12. The molecule has 0 aliphatic heterocycles. The molecule has 0 saturated heterocycles. The third-order valence-electron chi connectivity index (χ3n) is 16.0. The van der Waals surface area contributed by atoms with Gasteiger partial charge in [-0.15, -0.1) is 24.3 Å². The normalized spacial score (nSPS) is 11.9. The molecule has 8 aromatic heterocycles. The maximum atomic E-state index is 10.9. The third kappa shape index (κ3) is 17.6. The number of rotatable bonds is 8. The standard InChI is InChI=1S/C30H30N2O3.C30H28N2O3.C12H6Br2O.C9H13NO.Pt/c2*1-29(2,3)19-11-13-31-27(15-19)33-21-7-9-25-23(17-21)24-18-22(8-10-26(24)35-25)34-28-16-20(12-14-32-28)30(4,5)6;13-7-1-3-11-9(5-7)10-6-8(14)2-4-12(10)15-11;1-9(2,3)7-4-5-10-8(11)6-7;/h7-18H,1-6H3;7-16H,1-6H3;1-6H;4-6H,1-3H3,(H,10,11);/q;-2;;;+2. The second-order valence-electron chi connectivity index (χ2n) is 28.7. The van der Waals surface area contributed by atoms with Crippen molar-refractivity contribution in [3.8, 4) is 46.5 Å². The van der Waals surface area contributed by atoms with Gasteiger partial charge in [-0.25, -0.2) is 19.9 Å². The number of hydrogen-bond donors (Lipinski definition) is 1. The molecule has 0 saturated carbocycles. The zero-order chi connectivity index (χ0) is 68.5. The van der Waals surface area contributed by atoms with E-state index in [-0.39, 0.29) is 53.7 Å². The van der Waals surface area contributed by atoms with Gasteiger partial charge in [0.05, 0.1) is 0 Å². The molecule has 0 fully saturated rings. The Kier molecular flexibility index (Phi) is 21.0. The number of fused-ring (bicyclic) bond motifs is 9. The fourth-order valence-electron chi connectivity index (χ4n) is 10.4. The van der Waals surface area contributed by atoms with E-state index in [1.807, 2.05) is 140 Å². The number of ether oxygens (including phenoxy) is 4. The molecule has 0 radical (unpaired) electrons. The van der Waals surface area contributed by atoms with Crippen LogP contribution in [0.25, 0.3) is 65.8 Å². The fraction of sp³-hybridized carbons (Fsp3) is 0.247. The Morgan fingerprint density at radius 3 is 0.979 bits per heavy atom. The molecule has 14 aromatic rings. The van der Waals surface area contributed by atoms with E-state index in [2.05, 4.69) is 185 Å². The van der Waals surface area contributed by atoms with Gasteiger partial charge < -0.3 is 37.2 Å². The minimum atomic E-state index is -0.0302. The molecule has 16 heteroatoms. The van der Waals surface area contributed by atoms with E-state index in [0.717, 1.165) is 80.3 Å². The summed E-state index contributed by atoms with van der Waals surface area (Å²) in [6.45, 7) is 32.2. The van der Waals surface area contributed by atoms with Crippen molar-refractivity contribution in [1.82, 2.24) is 24.9 Å². The first-order chi connectivity index (χ1) is 45.4. The van der Waals surface area contributed by atoms with E-state index in [0.29, 0.717) is 57.7 Å². The molecule has 97 heavy (non-hydrogen) atoms. The van der Waals surface area contributed by atoms with Crippen LogP contribution in [0.2, 0.25) is 0 Å². The number of benzene rings is 6. The maximum Gasteiger partial charge on any atom is 2.00 e. The number of aromatic amines is 1. The minimum absolute atomic E-state index is 0. The van der Waals surface area contributed by atoms with Crippen molar-refractivity contribution in [1.29, 1.82) is 0 Å². The van der Waals surface area contributed by atoms with Crippen molar-refractivity contribution >= 4 is 97.7 Å². The van der Waals surface area contributed by atoms with E-state index in [1.165, 1.54) is 11.1 Å². The number of furan rings is 3. The van der Waals surface area contributed by atoms with E-state index in [1.54, 1.807) is 37.1 Å². The van der Waals surface area contributed by atoms with Gasteiger partial charge in [0, 0.05) is 103 Å². The van der Waals surface area contributed by atoms with Crippen LogP contribution in [0.4, 0.5) is 0 Å². The molecule has 1 N–H and O–H groups in total. The van der Waals surface area contributed by atoms with Crippen LogP contribution < -0.4 is 24.5 Å². The summed E-state index contributed by atoms with van der Waals surface area (Å²) < 4.78 is 44.2. The third-order valence-corrected chi connectivity index (χ3v) is 16.9. The smallest absolute Gasteiger partial charge is 0.564 e. The quantitative estimate of drug-likeness (QED) is 0.144. The fourth-order valence-corrected chi connectivity index (χ4v) is 11.1. The maximum absolute atomic E-state index is 10.9. The Bertz CT molecular complexity index is 4680. The molecule has 0 unspecified atom stereocenters. The Hall–Kier alpha value is -8.88. The summed E-state index contributed by atoms with van der Waals surface area (Å²) in [4.78, 5) is 31.0. The van der Waals surface area contributed by atoms with Crippen LogP contribution in [-0.4, -0.2) is 24.9 Å².